The second kappa shape index (κ2) is 9.53. The maximum absolute atomic E-state index is 13.7. The Hall–Kier alpha value is -3.74. The first-order valence-electron chi connectivity index (χ1n) is 11.6. The fourth-order valence-electron chi connectivity index (χ4n) is 4.72. The highest BCUT2D eigenvalue weighted by atomic mass is 32.3. The lowest BCUT2D eigenvalue weighted by atomic mass is 10.0. The molecule has 8 nitrogen and oxygen atoms in total. The summed E-state index contributed by atoms with van der Waals surface area (Å²) in [6.07, 6.45) is 0.400. The molecule has 1 aliphatic rings. The average Bonchev–Trinajstić information content (AvgIpc) is 3.29. The number of benzene rings is 3. The van der Waals surface area contributed by atoms with Gasteiger partial charge >= 0.3 is 12.3 Å². The van der Waals surface area contributed by atoms with Crippen LogP contribution in [-0.2, 0) is 0 Å². The average molecular weight is 548 g/mol. The topological polar surface area (TPSA) is 106 Å². The molecule has 12 heteroatoms. The van der Waals surface area contributed by atoms with Crippen molar-refractivity contribution in [2.24, 2.45) is 0 Å². The van der Waals surface area contributed by atoms with Gasteiger partial charge in [0, 0.05) is 17.4 Å². The van der Waals surface area contributed by atoms with Crippen LogP contribution < -0.4 is 15.7 Å². The minimum atomic E-state index is -3.05. The molecule has 0 bridgehead atoms. The third kappa shape index (κ3) is 5.02. The van der Waals surface area contributed by atoms with Gasteiger partial charge in [-0.15, -0.1) is 0 Å². The minimum Gasteiger partial charge on any atom is -0.435 e. The third-order valence-corrected chi connectivity index (χ3v) is 8.39. The minimum absolute atomic E-state index is 0.0433. The number of aromatic nitrogens is 2. The number of amides is 1. The van der Waals surface area contributed by atoms with Crippen molar-refractivity contribution in [3.05, 3.63) is 88.6 Å². The zero-order valence-corrected chi connectivity index (χ0v) is 20.9. The van der Waals surface area contributed by atoms with E-state index < -0.39 is 40.2 Å². The van der Waals surface area contributed by atoms with Crippen LogP contribution in [0.25, 0.3) is 22.4 Å². The second-order valence-electron chi connectivity index (χ2n) is 9.42. The molecule has 1 saturated heterocycles. The monoisotopic (exact) mass is 547 g/mol. The molecule has 0 saturated carbocycles. The van der Waals surface area contributed by atoms with Gasteiger partial charge in [0.15, 0.2) is 0 Å². The van der Waals surface area contributed by atoms with E-state index in [1.54, 1.807) is 19.1 Å². The zero-order valence-electron chi connectivity index (χ0n) is 20.1. The molecule has 3 aromatic carbocycles. The van der Waals surface area contributed by atoms with E-state index in [-0.39, 0.29) is 28.5 Å². The number of hydrogen-bond acceptors (Lipinski definition) is 5. The molecule has 1 unspecified atom stereocenters. The maximum Gasteiger partial charge on any atom is 0.387 e. The number of hydrogen-bond donors (Lipinski definition) is 3. The third-order valence-electron chi connectivity index (χ3n) is 6.43. The molecule has 0 spiro atoms. The summed E-state index contributed by atoms with van der Waals surface area (Å²) in [5.74, 6) is -0.868. The maximum atomic E-state index is 13.7. The van der Waals surface area contributed by atoms with E-state index in [9.17, 15) is 31.9 Å². The number of rotatable bonds is 6. The smallest absolute Gasteiger partial charge is 0.387 e. The summed E-state index contributed by atoms with van der Waals surface area (Å²) >= 11 is 0. The largest absolute Gasteiger partial charge is 0.435 e. The Labute approximate surface area is 216 Å². The Kier molecular flexibility index (Phi) is 6.49. The molecule has 2 heterocycles. The van der Waals surface area contributed by atoms with E-state index in [0.29, 0.717) is 23.1 Å². The van der Waals surface area contributed by atoms with Crippen LogP contribution in [0, 0.1) is 5.82 Å². The van der Waals surface area contributed by atoms with Crippen LogP contribution in [0.15, 0.2) is 71.5 Å². The van der Waals surface area contributed by atoms with Gasteiger partial charge in [-0.2, -0.15) is 19.4 Å². The van der Waals surface area contributed by atoms with Gasteiger partial charge in [0.2, 0.25) is 0 Å². The Morgan fingerprint density at radius 2 is 1.74 bits per heavy atom. The summed E-state index contributed by atoms with van der Waals surface area (Å²) in [5.41, 5.74) is 0.0920. The number of halogens is 3. The quantitative estimate of drug-likeness (QED) is 0.309. The molecule has 4 aromatic rings. The first kappa shape index (κ1) is 25.9. The van der Waals surface area contributed by atoms with Crippen LogP contribution in [0.1, 0.15) is 23.7 Å². The van der Waals surface area contributed by atoms with Crippen molar-refractivity contribution in [3.63, 3.8) is 0 Å². The van der Waals surface area contributed by atoms with Gasteiger partial charge in [0.05, 0.1) is 33.7 Å². The van der Waals surface area contributed by atoms with E-state index in [1.807, 2.05) is 0 Å². The number of nitrogens with zero attached hydrogens (tertiary/aromatic N) is 2. The zero-order chi connectivity index (χ0) is 27.2. The van der Waals surface area contributed by atoms with Gasteiger partial charge in [-0.1, -0.05) is 6.07 Å². The Morgan fingerprint density at radius 3 is 2.39 bits per heavy atom. The molecule has 5 rings (SSSR count). The van der Waals surface area contributed by atoms with Gasteiger partial charge in [0.1, 0.15) is 11.6 Å². The SMILES string of the molecule is CC1(NC(=O)c2ccc3c(c2)n(-c2ccc(F)cc2)c(=O)n3-c2cccc(OC(F)F)c2)CCS(O)(O)C1. The molecule has 1 amide bonds. The summed E-state index contributed by atoms with van der Waals surface area (Å²) in [6.45, 7) is -1.31. The molecule has 3 N–H and O–H groups in total. The number of nitrogens with one attached hydrogen (secondary N) is 1. The first-order chi connectivity index (χ1) is 17.9. The van der Waals surface area contributed by atoms with Crippen molar-refractivity contribution in [2.75, 3.05) is 11.5 Å². The predicted molar refractivity (Wildman–Crippen MR) is 139 cm³/mol. The van der Waals surface area contributed by atoms with Crippen molar-refractivity contribution >= 4 is 27.5 Å². The van der Waals surface area contributed by atoms with Gasteiger partial charge in [0.25, 0.3) is 5.91 Å². The summed E-state index contributed by atoms with van der Waals surface area (Å²) in [7, 11) is -2.76. The highest BCUT2D eigenvalue weighted by Crippen LogP contribution is 2.50. The number of alkyl halides is 2. The standard InChI is InChI=1S/C26H24F3N3O5S/c1-26(11-12-38(35,36)15-26)30-23(33)16-5-10-21-22(13-16)31(18-8-6-17(27)7-9-18)25(34)32(21)19-3-2-4-20(14-19)37-24(28)29/h2-10,13-14,24,35-36H,11-12,15H2,1H3,(H,30,33). The first-order valence-corrected chi connectivity index (χ1v) is 13.5. The second-order valence-corrected chi connectivity index (χ2v) is 11.7. The summed E-state index contributed by atoms with van der Waals surface area (Å²) in [6, 6.07) is 15.4. The summed E-state index contributed by atoms with van der Waals surface area (Å²) in [5, 5.41) is 2.87. The summed E-state index contributed by atoms with van der Waals surface area (Å²) < 4.78 is 66.3. The van der Waals surface area contributed by atoms with Crippen molar-refractivity contribution in [1.29, 1.82) is 0 Å². The molecule has 1 atom stereocenters. The van der Waals surface area contributed by atoms with E-state index in [4.69, 9.17) is 0 Å². The van der Waals surface area contributed by atoms with Crippen LogP contribution in [0.2, 0.25) is 0 Å². The summed E-state index contributed by atoms with van der Waals surface area (Å²) in [4.78, 5) is 26.8. The van der Waals surface area contributed by atoms with Crippen LogP contribution in [0.5, 0.6) is 5.75 Å². The molecule has 1 fully saturated rings. The van der Waals surface area contributed by atoms with Crippen molar-refractivity contribution in [2.45, 2.75) is 25.5 Å². The van der Waals surface area contributed by atoms with Crippen molar-refractivity contribution in [1.82, 2.24) is 14.5 Å². The fraction of sp³-hybridized carbons (Fsp3) is 0.231. The molecule has 1 aromatic heterocycles. The van der Waals surface area contributed by atoms with Crippen LogP contribution in [0.4, 0.5) is 13.2 Å². The normalized spacial score (nSPS) is 19.6. The predicted octanol–water partition coefficient (Wildman–Crippen LogP) is 5.16. The molecule has 200 valence electrons. The van der Waals surface area contributed by atoms with Gasteiger partial charge in [-0.25, -0.2) is 9.18 Å². The van der Waals surface area contributed by atoms with Gasteiger partial charge in [-0.3, -0.25) is 23.0 Å². The fourth-order valence-corrected chi connectivity index (χ4v) is 6.87. The number of ether oxygens (including phenoxy) is 1. The van der Waals surface area contributed by atoms with E-state index in [0.717, 1.165) is 0 Å². The highest BCUT2D eigenvalue weighted by Gasteiger charge is 2.39. The highest BCUT2D eigenvalue weighted by molar-refractivity contribution is 8.24. The van der Waals surface area contributed by atoms with Gasteiger partial charge in [-0.05, 0) is 67.9 Å². The molecular weight excluding hydrogens is 523 g/mol. The van der Waals surface area contributed by atoms with Gasteiger partial charge < -0.3 is 10.1 Å². The van der Waals surface area contributed by atoms with E-state index in [1.165, 1.54) is 63.7 Å². The molecule has 38 heavy (non-hydrogen) atoms. The number of fused-ring (bicyclic) bond motifs is 1. The van der Waals surface area contributed by atoms with Crippen molar-refractivity contribution in [3.8, 4) is 17.1 Å². The lowest BCUT2D eigenvalue weighted by Crippen LogP contribution is -2.46. The van der Waals surface area contributed by atoms with Crippen LogP contribution in [0.3, 0.4) is 0 Å². The van der Waals surface area contributed by atoms with Crippen LogP contribution >= 0.6 is 10.6 Å². The van der Waals surface area contributed by atoms with E-state index >= 15 is 0 Å². The Bertz CT molecular complexity index is 1590. The Morgan fingerprint density at radius 1 is 1.03 bits per heavy atom. The number of imidazole rings is 1. The van der Waals surface area contributed by atoms with E-state index in [2.05, 4.69) is 10.1 Å². The molecule has 0 aliphatic carbocycles. The molecule has 1 aliphatic heterocycles. The Balaban J connectivity index is 1.63. The molecule has 0 radical (unpaired) electrons. The lowest BCUT2D eigenvalue weighted by Gasteiger charge is -2.30. The number of carbonyl (C=O) groups excluding carboxylic acids is 1. The lowest BCUT2D eigenvalue weighted by molar-refractivity contribution is -0.0498. The number of carbonyl (C=O) groups is 1. The van der Waals surface area contributed by atoms with Crippen molar-refractivity contribution < 1.29 is 31.8 Å². The van der Waals surface area contributed by atoms with Crippen LogP contribution in [-0.4, -0.2) is 47.8 Å². The molecular formula is C26H24F3N3O5S.